The number of aryl methyl sites for hydroxylation is 1. The standard InChI is InChI=1S/C14H19F3N2/c15-14(16,17)8-7-13(19-18)12-6-5-10-3-1-2-4-11(10)9-12/h1-4,12-13,19H,5-9,18H2. The fraction of sp³-hybridized carbons (Fsp3) is 0.571. The summed E-state index contributed by atoms with van der Waals surface area (Å²) >= 11 is 0. The lowest BCUT2D eigenvalue weighted by Gasteiger charge is -2.31. The molecule has 1 aliphatic rings. The summed E-state index contributed by atoms with van der Waals surface area (Å²) < 4.78 is 36.9. The van der Waals surface area contributed by atoms with E-state index in [0.717, 1.165) is 19.3 Å². The van der Waals surface area contributed by atoms with Gasteiger partial charge in [-0.3, -0.25) is 11.3 Å². The maximum absolute atomic E-state index is 12.3. The Kier molecular flexibility index (Phi) is 4.47. The van der Waals surface area contributed by atoms with Gasteiger partial charge in [0.1, 0.15) is 0 Å². The lowest BCUT2D eigenvalue weighted by atomic mass is 9.79. The molecule has 0 saturated heterocycles. The molecule has 19 heavy (non-hydrogen) atoms. The molecule has 5 heteroatoms. The van der Waals surface area contributed by atoms with Gasteiger partial charge in [-0.25, -0.2) is 0 Å². The van der Waals surface area contributed by atoms with Gasteiger partial charge in [0.05, 0.1) is 0 Å². The molecular formula is C14H19F3N2. The second kappa shape index (κ2) is 5.92. The summed E-state index contributed by atoms with van der Waals surface area (Å²) in [7, 11) is 0. The van der Waals surface area contributed by atoms with Gasteiger partial charge in [-0.15, -0.1) is 0 Å². The van der Waals surface area contributed by atoms with Crippen LogP contribution in [0.4, 0.5) is 13.2 Å². The van der Waals surface area contributed by atoms with Gasteiger partial charge in [-0.05, 0) is 42.7 Å². The zero-order valence-corrected chi connectivity index (χ0v) is 10.7. The minimum absolute atomic E-state index is 0.0484. The number of rotatable bonds is 4. The molecule has 1 aliphatic carbocycles. The Labute approximate surface area is 111 Å². The maximum Gasteiger partial charge on any atom is 0.389 e. The van der Waals surface area contributed by atoms with Crippen LogP contribution in [-0.4, -0.2) is 12.2 Å². The summed E-state index contributed by atoms with van der Waals surface area (Å²) in [6.45, 7) is 0. The van der Waals surface area contributed by atoms with Crippen LogP contribution in [0.25, 0.3) is 0 Å². The van der Waals surface area contributed by atoms with Crippen LogP contribution in [0.15, 0.2) is 24.3 Å². The van der Waals surface area contributed by atoms with Crippen molar-refractivity contribution >= 4 is 0 Å². The summed E-state index contributed by atoms with van der Waals surface area (Å²) in [4.78, 5) is 0. The number of benzene rings is 1. The minimum Gasteiger partial charge on any atom is -0.271 e. The number of halogens is 3. The van der Waals surface area contributed by atoms with Crippen molar-refractivity contribution in [3.8, 4) is 0 Å². The molecule has 0 aromatic heterocycles. The van der Waals surface area contributed by atoms with E-state index in [1.807, 2.05) is 12.1 Å². The first kappa shape index (κ1) is 14.3. The van der Waals surface area contributed by atoms with Crippen molar-refractivity contribution in [2.24, 2.45) is 11.8 Å². The molecule has 2 rings (SSSR count). The highest BCUT2D eigenvalue weighted by Crippen LogP contribution is 2.31. The van der Waals surface area contributed by atoms with E-state index < -0.39 is 12.6 Å². The number of hydrogen-bond donors (Lipinski definition) is 2. The Morgan fingerprint density at radius 1 is 1.26 bits per heavy atom. The average Bonchev–Trinajstić information content (AvgIpc) is 2.38. The second-order valence-corrected chi connectivity index (χ2v) is 5.20. The van der Waals surface area contributed by atoms with Gasteiger partial charge in [0.2, 0.25) is 0 Å². The molecule has 0 aliphatic heterocycles. The summed E-state index contributed by atoms with van der Waals surface area (Å²) in [5.74, 6) is 5.62. The van der Waals surface area contributed by atoms with Gasteiger partial charge in [-0.2, -0.15) is 13.2 Å². The SMILES string of the molecule is NNC(CCC(F)(F)F)C1CCc2ccccc2C1. The molecule has 0 amide bonds. The molecule has 0 spiro atoms. The van der Waals surface area contributed by atoms with Crippen molar-refractivity contribution in [1.82, 2.24) is 5.43 Å². The van der Waals surface area contributed by atoms with Crippen LogP contribution < -0.4 is 11.3 Å². The summed E-state index contributed by atoms with van der Waals surface area (Å²) in [6.07, 6.45) is -2.22. The Hall–Kier alpha value is -1.07. The number of fused-ring (bicyclic) bond motifs is 1. The van der Waals surface area contributed by atoms with Crippen LogP contribution in [0.2, 0.25) is 0 Å². The van der Waals surface area contributed by atoms with E-state index in [1.165, 1.54) is 11.1 Å². The van der Waals surface area contributed by atoms with E-state index in [2.05, 4.69) is 17.6 Å². The molecule has 0 fully saturated rings. The highest BCUT2D eigenvalue weighted by molar-refractivity contribution is 5.29. The quantitative estimate of drug-likeness (QED) is 0.653. The predicted molar refractivity (Wildman–Crippen MR) is 68.4 cm³/mol. The van der Waals surface area contributed by atoms with E-state index in [0.29, 0.717) is 0 Å². The molecule has 0 heterocycles. The Morgan fingerprint density at radius 3 is 2.58 bits per heavy atom. The van der Waals surface area contributed by atoms with Crippen molar-refractivity contribution in [1.29, 1.82) is 0 Å². The number of hydrogen-bond acceptors (Lipinski definition) is 2. The highest BCUT2D eigenvalue weighted by atomic mass is 19.4. The van der Waals surface area contributed by atoms with Crippen molar-refractivity contribution in [3.63, 3.8) is 0 Å². The molecule has 3 N–H and O–H groups in total. The van der Waals surface area contributed by atoms with Crippen LogP contribution in [0, 0.1) is 5.92 Å². The van der Waals surface area contributed by atoms with Gasteiger partial charge in [0.25, 0.3) is 0 Å². The second-order valence-electron chi connectivity index (χ2n) is 5.20. The summed E-state index contributed by atoms with van der Waals surface area (Å²) in [5, 5.41) is 0. The van der Waals surface area contributed by atoms with Crippen LogP contribution in [-0.2, 0) is 12.8 Å². The number of nitrogens with two attached hydrogens (primary N) is 1. The molecule has 0 saturated carbocycles. The van der Waals surface area contributed by atoms with Crippen LogP contribution >= 0.6 is 0 Å². The Morgan fingerprint density at radius 2 is 1.95 bits per heavy atom. The van der Waals surface area contributed by atoms with E-state index in [1.54, 1.807) is 0 Å². The first-order valence-electron chi connectivity index (χ1n) is 6.59. The molecule has 2 atom stereocenters. The van der Waals surface area contributed by atoms with Gasteiger partial charge >= 0.3 is 6.18 Å². The van der Waals surface area contributed by atoms with Gasteiger partial charge < -0.3 is 0 Å². The predicted octanol–water partition coefficient (Wildman–Crippen LogP) is 2.97. The fourth-order valence-corrected chi connectivity index (χ4v) is 2.84. The lowest BCUT2D eigenvalue weighted by molar-refractivity contribution is -0.137. The van der Waals surface area contributed by atoms with E-state index in [9.17, 15) is 13.2 Å². The Bertz CT molecular complexity index is 417. The smallest absolute Gasteiger partial charge is 0.271 e. The largest absolute Gasteiger partial charge is 0.389 e. The van der Waals surface area contributed by atoms with E-state index in [4.69, 9.17) is 5.84 Å². The molecule has 0 bridgehead atoms. The number of alkyl halides is 3. The zero-order valence-electron chi connectivity index (χ0n) is 10.7. The Balaban J connectivity index is 1.98. The minimum atomic E-state index is -4.11. The first-order chi connectivity index (χ1) is 8.99. The molecule has 1 aromatic carbocycles. The molecule has 106 valence electrons. The van der Waals surface area contributed by atoms with E-state index >= 15 is 0 Å². The highest BCUT2D eigenvalue weighted by Gasteiger charge is 2.31. The van der Waals surface area contributed by atoms with Crippen molar-refractivity contribution < 1.29 is 13.2 Å². The van der Waals surface area contributed by atoms with Crippen LogP contribution in [0.3, 0.4) is 0 Å². The van der Waals surface area contributed by atoms with Gasteiger partial charge in [0, 0.05) is 12.5 Å². The van der Waals surface area contributed by atoms with Crippen molar-refractivity contribution in [2.45, 2.75) is 44.3 Å². The molecule has 2 nitrogen and oxygen atoms in total. The monoisotopic (exact) mass is 272 g/mol. The van der Waals surface area contributed by atoms with Gasteiger partial charge in [0.15, 0.2) is 0 Å². The first-order valence-corrected chi connectivity index (χ1v) is 6.59. The van der Waals surface area contributed by atoms with Crippen LogP contribution in [0.5, 0.6) is 0 Å². The van der Waals surface area contributed by atoms with Gasteiger partial charge in [-0.1, -0.05) is 24.3 Å². The average molecular weight is 272 g/mol. The van der Waals surface area contributed by atoms with Crippen molar-refractivity contribution in [3.05, 3.63) is 35.4 Å². The zero-order chi connectivity index (χ0) is 13.9. The molecule has 2 unspecified atom stereocenters. The number of nitrogens with one attached hydrogen (secondary N) is 1. The number of hydrazine groups is 1. The summed E-state index contributed by atoms with van der Waals surface area (Å²) in [5.41, 5.74) is 5.13. The third-order valence-corrected chi connectivity index (χ3v) is 3.91. The fourth-order valence-electron chi connectivity index (χ4n) is 2.84. The summed E-state index contributed by atoms with van der Waals surface area (Å²) in [6, 6.07) is 7.85. The van der Waals surface area contributed by atoms with Crippen molar-refractivity contribution in [2.75, 3.05) is 0 Å². The molecular weight excluding hydrogens is 253 g/mol. The van der Waals surface area contributed by atoms with E-state index in [-0.39, 0.29) is 18.4 Å². The topological polar surface area (TPSA) is 38.0 Å². The normalized spacial score (nSPS) is 20.9. The molecule has 0 radical (unpaired) electrons. The molecule has 1 aromatic rings. The van der Waals surface area contributed by atoms with Crippen LogP contribution in [0.1, 0.15) is 30.4 Å². The lowest BCUT2D eigenvalue weighted by Crippen LogP contribution is -2.43. The third kappa shape index (κ3) is 3.94. The third-order valence-electron chi connectivity index (χ3n) is 3.91. The maximum atomic E-state index is 12.3.